The average molecular weight is 327 g/mol. The average Bonchev–Trinajstić information content (AvgIpc) is 2.96. The van der Waals surface area contributed by atoms with Gasteiger partial charge in [-0.25, -0.2) is 9.37 Å². The summed E-state index contributed by atoms with van der Waals surface area (Å²) in [5, 5.41) is 0.794. The molecule has 3 aromatic rings. The summed E-state index contributed by atoms with van der Waals surface area (Å²) in [6.45, 7) is 3.62. The van der Waals surface area contributed by atoms with Crippen LogP contribution in [0.1, 0.15) is 23.7 Å². The van der Waals surface area contributed by atoms with E-state index in [2.05, 4.69) is 36.2 Å². The Kier molecular flexibility index (Phi) is 4.82. The van der Waals surface area contributed by atoms with E-state index in [4.69, 9.17) is 4.42 Å². The van der Waals surface area contributed by atoms with Gasteiger partial charge in [-0.3, -0.25) is 0 Å². The topological polar surface area (TPSA) is 26.0 Å². The zero-order valence-electron chi connectivity index (χ0n) is 13.2. The number of nitrogens with zero attached hydrogens (tertiary/aromatic N) is 1. The number of benzene rings is 2. The van der Waals surface area contributed by atoms with Crippen LogP contribution in [-0.2, 0) is 13.1 Å². The summed E-state index contributed by atoms with van der Waals surface area (Å²) in [6, 6.07) is 15.6. The first-order valence-corrected chi connectivity index (χ1v) is 8.40. The van der Waals surface area contributed by atoms with Crippen LogP contribution >= 0.6 is 11.8 Å². The lowest BCUT2D eigenvalue weighted by Crippen LogP contribution is -1.81. The zero-order valence-corrected chi connectivity index (χ0v) is 14.0. The van der Waals surface area contributed by atoms with Crippen LogP contribution < -0.4 is 0 Å². The van der Waals surface area contributed by atoms with E-state index >= 15 is 0 Å². The SMILES string of the molecule is CCc1cccc(Sc2oc(-c3ccc(CF)cc3)nc2C)c1. The lowest BCUT2D eigenvalue weighted by molar-refractivity contribution is 0.480. The van der Waals surface area contributed by atoms with Crippen molar-refractivity contribution in [2.24, 2.45) is 0 Å². The van der Waals surface area contributed by atoms with E-state index < -0.39 is 6.67 Å². The lowest BCUT2D eigenvalue weighted by Gasteiger charge is -2.01. The van der Waals surface area contributed by atoms with Gasteiger partial charge in [0.05, 0.1) is 5.69 Å². The summed E-state index contributed by atoms with van der Waals surface area (Å²) in [5.74, 6) is 0.571. The number of oxazole rings is 1. The fourth-order valence-electron chi connectivity index (χ4n) is 2.27. The van der Waals surface area contributed by atoms with Crippen LogP contribution in [0.2, 0.25) is 0 Å². The summed E-state index contributed by atoms with van der Waals surface area (Å²) in [7, 11) is 0. The first-order valence-electron chi connectivity index (χ1n) is 7.59. The van der Waals surface area contributed by atoms with Crippen molar-refractivity contribution in [3.8, 4) is 11.5 Å². The van der Waals surface area contributed by atoms with Crippen molar-refractivity contribution in [3.63, 3.8) is 0 Å². The molecule has 3 rings (SSSR count). The van der Waals surface area contributed by atoms with Gasteiger partial charge in [-0.05, 0) is 48.7 Å². The van der Waals surface area contributed by atoms with Crippen molar-refractivity contribution in [2.75, 3.05) is 0 Å². The van der Waals surface area contributed by atoms with Gasteiger partial charge in [0.2, 0.25) is 5.89 Å². The van der Waals surface area contributed by atoms with Gasteiger partial charge in [0.1, 0.15) is 6.67 Å². The summed E-state index contributed by atoms with van der Waals surface area (Å²) in [6.07, 6.45) is 1.01. The molecular weight excluding hydrogens is 309 g/mol. The lowest BCUT2D eigenvalue weighted by atomic mass is 10.1. The first kappa shape index (κ1) is 15.8. The maximum Gasteiger partial charge on any atom is 0.227 e. The molecule has 0 aliphatic carbocycles. The van der Waals surface area contributed by atoms with Gasteiger partial charge in [-0.1, -0.05) is 43.0 Å². The van der Waals surface area contributed by atoms with Crippen LogP contribution in [0, 0.1) is 6.92 Å². The summed E-state index contributed by atoms with van der Waals surface area (Å²) < 4.78 is 18.5. The second kappa shape index (κ2) is 7.01. The van der Waals surface area contributed by atoms with Gasteiger partial charge in [-0.2, -0.15) is 0 Å². The van der Waals surface area contributed by atoms with Crippen molar-refractivity contribution in [3.05, 3.63) is 65.4 Å². The van der Waals surface area contributed by atoms with E-state index in [0.29, 0.717) is 11.5 Å². The summed E-state index contributed by atoms with van der Waals surface area (Å²) in [5.41, 5.74) is 3.68. The molecule has 0 spiro atoms. The van der Waals surface area contributed by atoms with Gasteiger partial charge in [0.25, 0.3) is 0 Å². The molecule has 0 fully saturated rings. The molecular formula is C19H18FNOS. The van der Waals surface area contributed by atoms with Crippen molar-refractivity contribution in [1.82, 2.24) is 4.98 Å². The molecule has 0 N–H and O–H groups in total. The Morgan fingerprint density at radius 1 is 1.09 bits per heavy atom. The third kappa shape index (κ3) is 3.64. The Morgan fingerprint density at radius 2 is 1.87 bits per heavy atom. The summed E-state index contributed by atoms with van der Waals surface area (Å²) in [4.78, 5) is 5.64. The van der Waals surface area contributed by atoms with E-state index in [0.717, 1.165) is 27.7 Å². The Morgan fingerprint density at radius 3 is 2.57 bits per heavy atom. The number of halogens is 1. The van der Waals surface area contributed by atoms with E-state index in [9.17, 15) is 4.39 Å². The van der Waals surface area contributed by atoms with E-state index in [-0.39, 0.29) is 0 Å². The van der Waals surface area contributed by atoms with Gasteiger partial charge in [-0.15, -0.1) is 0 Å². The number of aryl methyl sites for hydroxylation is 2. The Hall–Kier alpha value is -2.07. The quantitative estimate of drug-likeness (QED) is 0.589. The monoisotopic (exact) mass is 327 g/mol. The molecule has 2 aromatic carbocycles. The summed E-state index contributed by atoms with van der Waals surface area (Å²) >= 11 is 1.58. The molecule has 0 aliphatic rings. The smallest absolute Gasteiger partial charge is 0.227 e. The Labute approximate surface area is 139 Å². The molecule has 4 heteroatoms. The molecule has 0 atom stereocenters. The second-order valence-electron chi connectivity index (χ2n) is 5.33. The standard InChI is InChI=1S/C19H18FNOS/c1-3-14-5-4-6-17(11-14)23-19-13(2)21-18(22-19)16-9-7-15(12-20)8-10-16/h4-11H,3,12H2,1-2H3. The minimum atomic E-state index is -0.459. The van der Waals surface area contributed by atoms with Crippen LogP contribution in [0.25, 0.3) is 11.5 Å². The highest BCUT2D eigenvalue weighted by molar-refractivity contribution is 7.99. The minimum Gasteiger partial charge on any atom is -0.429 e. The third-order valence-corrected chi connectivity index (χ3v) is 4.68. The Bertz CT molecular complexity index is 795. The van der Waals surface area contributed by atoms with Gasteiger partial charge < -0.3 is 4.42 Å². The molecule has 23 heavy (non-hydrogen) atoms. The molecule has 0 unspecified atom stereocenters. The van der Waals surface area contributed by atoms with Crippen molar-refractivity contribution >= 4 is 11.8 Å². The fraction of sp³-hybridized carbons (Fsp3) is 0.211. The van der Waals surface area contributed by atoms with Crippen molar-refractivity contribution in [1.29, 1.82) is 0 Å². The zero-order chi connectivity index (χ0) is 16.2. The number of alkyl halides is 1. The predicted molar refractivity (Wildman–Crippen MR) is 91.4 cm³/mol. The van der Waals surface area contributed by atoms with Crippen molar-refractivity contribution in [2.45, 2.75) is 36.9 Å². The Balaban J connectivity index is 1.85. The maximum atomic E-state index is 12.6. The van der Waals surface area contributed by atoms with Crippen LogP contribution in [0.15, 0.2) is 62.9 Å². The molecule has 0 bridgehead atoms. The molecule has 0 amide bonds. The largest absolute Gasteiger partial charge is 0.429 e. The van der Waals surface area contributed by atoms with Crippen LogP contribution in [0.4, 0.5) is 4.39 Å². The molecule has 118 valence electrons. The first-order chi connectivity index (χ1) is 11.2. The molecule has 0 aliphatic heterocycles. The molecule has 1 aromatic heterocycles. The van der Waals surface area contributed by atoms with Gasteiger partial charge in [0.15, 0.2) is 5.09 Å². The number of hydrogen-bond acceptors (Lipinski definition) is 3. The second-order valence-corrected chi connectivity index (χ2v) is 6.37. The number of aromatic nitrogens is 1. The highest BCUT2D eigenvalue weighted by Gasteiger charge is 2.13. The third-order valence-electron chi connectivity index (χ3n) is 3.63. The highest BCUT2D eigenvalue weighted by Crippen LogP contribution is 2.34. The highest BCUT2D eigenvalue weighted by atomic mass is 32.2. The van der Waals surface area contributed by atoms with E-state index in [1.54, 1.807) is 23.9 Å². The van der Waals surface area contributed by atoms with Crippen LogP contribution in [0.3, 0.4) is 0 Å². The van der Waals surface area contributed by atoms with E-state index in [1.807, 2.05) is 19.1 Å². The van der Waals surface area contributed by atoms with Gasteiger partial charge >= 0.3 is 0 Å². The normalized spacial score (nSPS) is 10.9. The maximum absolute atomic E-state index is 12.6. The van der Waals surface area contributed by atoms with Crippen LogP contribution in [-0.4, -0.2) is 4.98 Å². The molecule has 2 nitrogen and oxygen atoms in total. The molecule has 1 heterocycles. The van der Waals surface area contributed by atoms with Crippen molar-refractivity contribution < 1.29 is 8.81 Å². The van der Waals surface area contributed by atoms with Crippen LogP contribution in [0.5, 0.6) is 0 Å². The number of hydrogen-bond donors (Lipinski definition) is 0. The molecule has 0 saturated carbocycles. The fourth-order valence-corrected chi connectivity index (χ4v) is 3.16. The molecule has 0 radical (unpaired) electrons. The number of rotatable bonds is 5. The molecule has 0 saturated heterocycles. The minimum absolute atomic E-state index is 0.459. The van der Waals surface area contributed by atoms with E-state index in [1.165, 1.54) is 5.56 Å². The predicted octanol–water partition coefficient (Wildman–Crippen LogP) is 5.83. The van der Waals surface area contributed by atoms with Gasteiger partial charge in [0, 0.05) is 10.5 Å².